The first kappa shape index (κ1) is 108. The minimum Gasteiger partial charge on any atom is -0.756 e. The Morgan fingerprint density at radius 2 is 0.758 bits per heavy atom. The zero-order valence-corrected chi connectivity index (χ0v) is 78.3. The van der Waals surface area contributed by atoms with Crippen molar-refractivity contribution in [2.75, 3.05) is 90.7 Å². The van der Waals surface area contributed by atoms with E-state index in [1.165, 1.54) is 67.8 Å². The van der Waals surface area contributed by atoms with Crippen LogP contribution in [0.2, 0.25) is 0 Å². The van der Waals surface area contributed by atoms with Crippen molar-refractivity contribution in [3.05, 3.63) is 153 Å². The number of hydrogen-bond donors (Lipinski definition) is 4. The quantitative estimate of drug-likeness (QED) is 0.00687. The number of hydrogen-bond acceptors (Lipinski definition) is 39. The van der Waals surface area contributed by atoms with Gasteiger partial charge >= 0.3 is 15.6 Å². The number of nitrogens with one attached hydrogen (secondary N) is 2. The lowest BCUT2D eigenvalue weighted by Crippen LogP contribution is -2.25. The first-order valence-electron chi connectivity index (χ1n) is 41.3. The number of carbonyl (C=O) groups is 2. The number of phosphoric acid groups is 7. The first-order chi connectivity index (χ1) is 60.9. The van der Waals surface area contributed by atoms with Crippen LogP contribution in [0.25, 0.3) is 66.8 Å². The fraction of sp³-hybridized carbons (Fsp3) is 0.500. The number of benzene rings is 6. The molecule has 0 saturated carbocycles. The van der Waals surface area contributed by atoms with Gasteiger partial charge in [-0.05, 0) is 160 Å². The van der Waals surface area contributed by atoms with Gasteiger partial charge in [-0.1, -0.05) is 129 Å². The summed E-state index contributed by atoms with van der Waals surface area (Å²) >= 11 is 0. The van der Waals surface area contributed by atoms with Gasteiger partial charge in [-0.3, -0.25) is 51.1 Å². The predicted octanol–water partition coefficient (Wildman–Crippen LogP) is 14.4. The summed E-state index contributed by atoms with van der Waals surface area (Å²) in [5, 5.41) is 31.0. The molecule has 0 bridgehead atoms. The number of unbranched alkanes of at least 4 members (excludes halogenated alkanes) is 11. The number of carbonyl (C=O) groups excluding carboxylic acids is 2. The summed E-state index contributed by atoms with van der Waals surface area (Å²) in [5.74, 6) is -0.680. The van der Waals surface area contributed by atoms with Crippen LogP contribution >= 0.6 is 76.3 Å². The zero-order chi connectivity index (χ0) is 92.8. The number of phenols is 2. The van der Waals surface area contributed by atoms with Crippen LogP contribution in [0.5, 0.6) is 11.5 Å². The Bertz CT molecular complexity index is 5260. The lowest BCUT2D eigenvalue weighted by molar-refractivity contribution is -0.460. The molecule has 0 spiro atoms. The van der Waals surface area contributed by atoms with Crippen molar-refractivity contribution in [1.82, 2.24) is 10.6 Å². The number of fused-ring (bicyclic) bond motifs is 4. The third kappa shape index (κ3) is 39.8. The van der Waals surface area contributed by atoms with Crippen molar-refractivity contribution in [2.24, 2.45) is 17.8 Å². The molecular formula is C80H104N2O37P7S2-7. The molecule has 128 heavy (non-hydrogen) atoms. The Morgan fingerprint density at radius 3 is 1.17 bits per heavy atom. The Morgan fingerprint density at radius 1 is 0.391 bits per heavy atom. The van der Waals surface area contributed by atoms with Crippen LogP contribution < -0.4 is 55.7 Å². The van der Waals surface area contributed by atoms with Gasteiger partial charge in [0.2, 0.25) is 0 Å². The maximum absolute atomic E-state index is 13.6. The van der Waals surface area contributed by atoms with Gasteiger partial charge in [0, 0.05) is 105 Å². The Balaban J connectivity index is 0.794. The van der Waals surface area contributed by atoms with E-state index in [0.717, 1.165) is 30.8 Å². The van der Waals surface area contributed by atoms with Crippen molar-refractivity contribution < 1.29 is 164 Å². The maximum atomic E-state index is 13.6. The second kappa shape index (κ2) is 53.9. The molecule has 9 unspecified atom stereocenters. The number of amides is 2. The van der Waals surface area contributed by atoms with Gasteiger partial charge in [-0.2, -0.15) is 9.35 Å². The highest BCUT2D eigenvalue weighted by atomic mass is 33.1. The van der Waals surface area contributed by atoms with E-state index < -0.39 is 138 Å². The topological polar surface area (TPSA) is 578 Å². The molecule has 48 heteroatoms. The molecule has 8 rings (SSSR count). The van der Waals surface area contributed by atoms with E-state index in [1.807, 2.05) is 10.8 Å². The highest BCUT2D eigenvalue weighted by Gasteiger charge is 2.27. The summed E-state index contributed by atoms with van der Waals surface area (Å²) in [6, 6.07) is 30.8. The third-order valence-electron chi connectivity index (χ3n) is 19.0. The van der Waals surface area contributed by atoms with Crippen molar-refractivity contribution in [1.29, 1.82) is 0 Å². The molecule has 2 amide bonds. The van der Waals surface area contributed by atoms with Gasteiger partial charge in [-0.25, -0.2) is 0 Å². The molecule has 9 atom stereocenters. The van der Waals surface area contributed by atoms with Crippen LogP contribution in [0.3, 0.4) is 0 Å². The fourth-order valence-electron chi connectivity index (χ4n) is 12.5. The lowest BCUT2D eigenvalue weighted by Gasteiger charge is -2.29. The van der Waals surface area contributed by atoms with Crippen LogP contribution in [0, 0.1) is 17.8 Å². The van der Waals surface area contributed by atoms with Gasteiger partial charge < -0.3 is 109 Å². The highest BCUT2D eigenvalue weighted by Crippen LogP contribution is 2.51. The van der Waals surface area contributed by atoms with Crippen LogP contribution in [-0.4, -0.2) is 113 Å². The van der Waals surface area contributed by atoms with Gasteiger partial charge in [0.15, 0.2) is 10.9 Å². The van der Waals surface area contributed by atoms with E-state index in [0.29, 0.717) is 63.4 Å². The van der Waals surface area contributed by atoms with E-state index in [9.17, 15) is 95.6 Å². The summed E-state index contributed by atoms with van der Waals surface area (Å²) in [6.07, 6.45) is 8.78. The summed E-state index contributed by atoms with van der Waals surface area (Å²) in [4.78, 5) is 140. The maximum Gasteiger partial charge on any atom is 0.301 e. The molecule has 39 nitrogen and oxygen atoms in total. The van der Waals surface area contributed by atoms with Crippen LogP contribution in [0.15, 0.2) is 140 Å². The monoisotopic (exact) mass is 1970 g/mol. The second-order valence-corrected chi connectivity index (χ2v) is 41.9. The van der Waals surface area contributed by atoms with E-state index >= 15 is 0 Å². The Labute approximate surface area is 747 Å². The highest BCUT2D eigenvalue weighted by molar-refractivity contribution is 8.76. The predicted molar refractivity (Wildman–Crippen MR) is 460 cm³/mol. The lowest BCUT2D eigenvalue weighted by atomic mass is 9.92. The summed E-state index contributed by atoms with van der Waals surface area (Å²) in [5.41, 5.74) is 3.98. The third-order valence-corrected chi connectivity index (χ3v) is 27.5. The number of aromatic hydroxyl groups is 2. The van der Waals surface area contributed by atoms with E-state index in [2.05, 4.69) is 50.3 Å². The molecule has 4 N–H and O–H groups in total. The molecule has 710 valence electrons. The molecule has 2 heterocycles. The van der Waals surface area contributed by atoms with Gasteiger partial charge in [-0.15, -0.1) is 9.35 Å². The fourth-order valence-corrected chi connectivity index (χ4v) is 19.8. The normalized spacial score (nSPS) is 15.8. The molecule has 4 aromatic carbocycles. The van der Waals surface area contributed by atoms with Crippen molar-refractivity contribution in [3.63, 3.8) is 0 Å². The SMILES string of the molecule is CCCCCCSSCCCCCCOP(=O)([O-])OOP(=O)([O-])OCC(CCCCNC(=O)c1cccc(-c2c3ccc(=O)cc-3oc3cc(O)ccc23)c1)COP(=O)([O-])OCCCCCCOP(=O)([O-])OCC(CCCCNC(=O)c1cccc(-c2c3ccc(=O)cc-3oc3cc(O)ccc23)c1)COP(=O)([O-])OCCCOP(=O)([O-])OOOP(=O)([O-])OCCC(C)C. The first-order valence-corrected chi connectivity index (χ1v) is 54.1. The molecule has 0 radical (unpaired) electrons. The molecule has 2 aliphatic carbocycles. The molecule has 4 aromatic rings. The van der Waals surface area contributed by atoms with Crippen molar-refractivity contribution >= 4 is 110 Å². The van der Waals surface area contributed by atoms with Crippen LogP contribution in [0.4, 0.5) is 0 Å². The van der Waals surface area contributed by atoms with E-state index in [-0.39, 0.29) is 153 Å². The van der Waals surface area contributed by atoms with Crippen molar-refractivity contribution in [2.45, 2.75) is 149 Å². The summed E-state index contributed by atoms with van der Waals surface area (Å²) in [6.45, 7) is -0.176. The molecule has 0 saturated heterocycles. The van der Waals surface area contributed by atoms with E-state index in [1.54, 1.807) is 97.4 Å². The number of phosphoric ester groups is 7. The number of rotatable bonds is 66. The van der Waals surface area contributed by atoms with Gasteiger partial charge in [0.25, 0.3) is 50.9 Å². The Kier molecular flexibility index (Phi) is 45.3. The van der Waals surface area contributed by atoms with Gasteiger partial charge in [0.05, 0.1) is 66.1 Å². The molecular weight excluding hydrogens is 1860 g/mol. The minimum absolute atomic E-state index is 0.0109. The van der Waals surface area contributed by atoms with Crippen LogP contribution in [0.1, 0.15) is 170 Å². The minimum atomic E-state index is -5.61. The molecule has 4 aliphatic rings. The molecule has 0 aromatic heterocycles. The van der Waals surface area contributed by atoms with Crippen molar-refractivity contribution in [3.8, 4) is 56.4 Å². The molecule has 2 aliphatic heterocycles. The zero-order valence-electron chi connectivity index (χ0n) is 70.5. The summed E-state index contributed by atoms with van der Waals surface area (Å²) < 4.78 is 166. The van der Waals surface area contributed by atoms with Crippen LogP contribution in [-0.2, 0) is 101 Å². The average molecular weight is 1970 g/mol. The number of phenolic OH excluding ortho intramolecular Hbond substituents is 2. The van der Waals surface area contributed by atoms with E-state index in [4.69, 9.17) is 45.0 Å². The second-order valence-electron chi connectivity index (χ2n) is 29.8. The average Bonchev–Trinajstić information content (AvgIpc) is 0.758. The Hall–Kier alpha value is -5.77. The largest absolute Gasteiger partial charge is 0.756 e. The smallest absolute Gasteiger partial charge is 0.301 e. The standard InChI is InChI=1S/C80H111N2O37P7S2/c1-4-5-6-18-46-127-128-47-19-10-9-17-42-106-125(99,100)118-119-126(101,102)112-57-60(24-12-14-39-82-80(88)64-28-21-26-62(49-64)78-71-35-31-67(85)52-75(71)114-76-53-68(86)32-36-72(76)78)56-110-121(91,92)104-41-16-8-7-15-40-103-120(89,90)109-54-59(55-111-122(93,94)105-43-22-44-107-123(95,96)116-115-117-124(97,98)108-45-37-58(2)3)23-11-13-38-81-79(87)63-27-20-25-61(48-63)77-69-33-29-65(83)50-73(69)113-74-51-66(84)30-34-70(74)77/h20-21,25-36,48-53,58-60,83,85H,4-19,22-24,37-47,54-57H2,1-3H3,(H,81,87)(H,82,88)(H,89,90)(H,91,92)(H,93,94)(H,95,96)(H,97,98)(H,99,100)(H,101,102)/p-7. The molecule has 0 fully saturated rings. The summed E-state index contributed by atoms with van der Waals surface area (Å²) in [7, 11) is -33.4. The van der Waals surface area contributed by atoms with Gasteiger partial charge in [0.1, 0.15) is 34.2 Å².